The van der Waals surface area contributed by atoms with Crippen LogP contribution in [0, 0.1) is 34.5 Å². The van der Waals surface area contributed by atoms with Gasteiger partial charge >= 0.3 is 0 Å². The first kappa shape index (κ1) is 23.2. The monoisotopic (exact) mass is 438 g/mol. The third-order valence-electron chi connectivity index (χ3n) is 10.9. The molecule has 10 atom stereocenters. The van der Waals surface area contributed by atoms with Gasteiger partial charge in [-0.15, -0.1) is 0 Å². The summed E-state index contributed by atoms with van der Waals surface area (Å²) in [6.45, 7) is 16.4. The Labute approximate surface area is 184 Å². The lowest BCUT2D eigenvalue weighted by Crippen LogP contribution is -2.64. The van der Waals surface area contributed by atoms with Crippen molar-refractivity contribution < 1.29 is 19.7 Å². The molecule has 4 saturated carbocycles. The summed E-state index contributed by atoms with van der Waals surface area (Å²) in [5.74, 6) is 1.03. The Hall–Kier alpha value is 0.0569. The van der Waals surface area contributed by atoms with Crippen LogP contribution < -0.4 is 0 Å². The van der Waals surface area contributed by atoms with Gasteiger partial charge in [0.05, 0.1) is 24.4 Å². The van der Waals surface area contributed by atoms with Crippen LogP contribution in [0.15, 0.2) is 0 Å². The zero-order chi connectivity index (χ0) is 22.3. The van der Waals surface area contributed by atoms with Crippen LogP contribution in [-0.2, 0) is 4.43 Å². The van der Waals surface area contributed by atoms with Gasteiger partial charge in [0.2, 0.25) is 0 Å². The summed E-state index contributed by atoms with van der Waals surface area (Å²) in [6, 6.07) is 0. The quantitative estimate of drug-likeness (QED) is 0.546. The maximum atomic E-state index is 11.4. The molecule has 0 aromatic heterocycles. The number of fused-ring (bicyclic) bond motifs is 5. The Bertz CT molecular complexity index is 660. The fraction of sp³-hybridized carbons (Fsp3) is 1.00. The first-order valence-electron chi connectivity index (χ1n) is 12.4. The maximum absolute atomic E-state index is 11.4. The van der Waals surface area contributed by atoms with E-state index < -0.39 is 20.5 Å². The number of aliphatic hydroxyl groups excluding tert-OH is 3. The summed E-state index contributed by atoms with van der Waals surface area (Å²) in [6.07, 6.45) is 5.45. The Morgan fingerprint density at radius 3 is 2.03 bits per heavy atom. The highest BCUT2D eigenvalue weighted by atomic mass is 28.4. The predicted octanol–water partition coefficient (Wildman–Crippen LogP) is 4.72. The van der Waals surface area contributed by atoms with Gasteiger partial charge in [0, 0.05) is 0 Å². The van der Waals surface area contributed by atoms with Crippen LogP contribution in [0.25, 0.3) is 0 Å². The molecule has 0 aliphatic heterocycles. The predicted molar refractivity (Wildman–Crippen MR) is 123 cm³/mol. The molecule has 4 aliphatic carbocycles. The average Bonchev–Trinajstić information content (AvgIpc) is 2.96. The van der Waals surface area contributed by atoms with E-state index in [4.69, 9.17) is 4.43 Å². The summed E-state index contributed by atoms with van der Waals surface area (Å²) in [4.78, 5) is 0. The second-order valence-corrected chi connectivity index (χ2v) is 18.1. The van der Waals surface area contributed by atoms with Crippen molar-refractivity contribution in [1.82, 2.24) is 0 Å². The van der Waals surface area contributed by atoms with Gasteiger partial charge in [0.25, 0.3) is 0 Å². The zero-order valence-electron chi connectivity index (χ0n) is 20.3. The van der Waals surface area contributed by atoms with Crippen molar-refractivity contribution in [3.63, 3.8) is 0 Å². The van der Waals surface area contributed by atoms with E-state index in [1.54, 1.807) is 0 Å². The van der Waals surface area contributed by atoms with Crippen LogP contribution in [0.4, 0.5) is 0 Å². The first-order valence-corrected chi connectivity index (χ1v) is 15.4. The van der Waals surface area contributed by atoms with Crippen molar-refractivity contribution in [2.24, 2.45) is 34.5 Å². The van der Waals surface area contributed by atoms with Crippen molar-refractivity contribution in [3.05, 3.63) is 0 Å². The summed E-state index contributed by atoms with van der Waals surface area (Å²) in [5.41, 5.74) is 0.122. The third-order valence-corrected chi connectivity index (χ3v) is 15.4. The van der Waals surface area contributed by atoms with Crippen molar-refractivity contribution in [1.29, 1.82) is 0 Å². The molecule has 174 valence electrons. The van der Waals surface area contributed by atoms with Crippen LogP contribution in [-0.4, -0.2) is 48.1 Å². The molecule has 0 aromatic carbocycles. The second-order valence-electron chi connectivity index (χ2n) is 13.3. The molecule has 0 saturated heterocycles. The fourth-order valence-corrected chi connectivity index (χ4v) is 9.37. The number of hydrogen-bond acceptors (Lipinski definition) is 4. The van der Waals surface area contributed by atoms with Crippen molar-refractivity contribution in [2.45, 2.75) is 122 Å². The van der Waals surface area contributed by atoms with Crippen molar-refractivity contribution in [3.8, 4) is 0 Å². The van der Waals surface area contributed by atoms with Crippen LogP contribution in [0.3, 0.4) is 0 Å². The summed E-state index contributed by atoms with van der Waals surface area (Å²) in [5, 5.41) is 33.0. The largest absolute Gasteiger partial charge is 0.413 e. The molecule has 0 spiro atoms. The van der Waals surface area contributed by atoms with Crippen molar-refractivity contribution >= 4 is 8.32 Å². The molecular weight excluding hydrogens is 392 g/mol. The highest BCUT2D eigenvalue weighted by molar-refractivity contribution is 6.74. The van der Waals surface area contributed by atoms with Gasteiger partial charge in [-0.05, 0) is 97.6 Å². The van der Waals surface area contributed by atoms with E-state index in [1.165, 1.54) is 0 Å². The fourth-order valence-electron chi connectivity index (χ4n) is 7.92. The van der Waals surface area contributed by atoms with Gasteiger partial charge < -0.3 is 19.7 Å². The molecule has 3 N–H and O–H groups in total. The average molecular weight is 439 g/mol. The molecule has 0 heterocycles. The van der Waals surface area contributed by atoms with Crippen LogP contribution in [0.2, 0.25) is 18.1 Å². The van der Waals surface area contributed by atoms with E-state index >= 15 is 0 Å². The lowest BCUT2D eigenvalue weighted by Gasteiger charge is -2.63. The molecular formula is C25H46O4Si. The molecule has 0 aromatic rings. The molecule has 4 aliphatic rings. The minimum Gasteiger partial charge on any atom is -0.413 e. The van der Waals surface area contributed by atoms with E-state index in [-0.39, 0.29) is 39.9 Å². The summed E-state index contributed by atoms with van der Waals surface area (Å²) >= 11 is 0. The normalized spacial score (nSPS) is 51.8. The topological polar surface area (TPSA) is 69.9 Å². The Morgan fingerprint density at radius 1 is 0.800 bits per heavy atom. The molecule has 4 fully saturated rings. The molecule has 4 rings (SSSR count). The van der Waals surface area contributed by atoms with Gasteiger partial charge in [-0.3, -0.25) is 0 Å². The lowest BCUT2D eigenvalue weighted by atomic mass is 9.43. The molecule has 30 heavy (non-hydrogen) atoms. The highest BCUT2D eigenvalue weighted by Gasteiger charge is 2.65. The molecule has 0 amide bonds. The van der Waals surface area contributed by atoms with Gasteiger partial charge in [0.15, 0.2) is 8.32 Å². The van der Waals surface area contributed by atoms with E-state index in [0.717, 1.165) is 38.5 Å². The molecule has 5 unspecified atom stereocenters. The zero-order valence-corrected chi connectivity index (χ0v) is 21.3. The first-order chi connectivity index (χ1) is 13.7. The van der Waals surface area contributed by atoms with E-state index in [2.05, 4.69) is 47.7 Å². The van der Waals surface area contributed by atoms with Gasteiger partial charge in [0.1, 0.15) is 0 Å². The van der Waals surface area contributed by atoms with Gasteiger partial charge in [-0.1, -0.05) is 34.6 Å². The smallest absolute Gasteiger partial charge is 0.192 e. The van der Waals surface area contributed by atoms with Crippen molar-refractivity contribution in [2.75, 3.05) is 0 Å². The molecule has 0 radical (unpaired) electrons. The third kappa shape index (κ3) is 3.29. The summed E-state index contributed by atoms with van der Waals surface area (Å²) < 4.78 is 6.99. The summed E-state index contributed by atoms with van der Waals surface area (Å²) in [7, 11) is -1.86. The maximum Gasteiger partial charge on any atom is 0.192 e. The van der Waals surface area contributed by atoms with Gasteiger partial charge in [-0.2, -0.15) is 0 Å². The Balaban J connectivity index is 1.62. The van der Waals surface area contributed by atoms with Gasteiger partial charge in [-0.25, -0.2) is 0 Å². The van der Waals surface area contributed by atoms with Crippen LogP contribution in [0.5, 0.6) is 0 Å². The SMILES string of the molecule is CC(C)(C)[Si](C)(C)O[C@H]1CCC2C3C(O)[C@H](O)C4C[C@@H](O)CC[C@]4(C)C3CC[C@@]21C. The standard InChI is InChI=1S/C25H46O4Si/c1-23(2,3)30(6,7)29-19-9-8-16-20-17(11-13-25(16,19)5)24(4)12-10-15(26)14-18(24)21(27)22(20)28/h15-22,26-28H,8-14H2,1-7H3/t15-,16?,17?,18?,19-,20?,21+,22?,24+,25-/m0/s1. The Morgan fingerprint density at radius 2 is 1.40 bits per heavy atom. The van der Waals surface area contributed by atoms with E-state index in [9.17, 15) is 15.3 Å². The molecule has 4 nitrogen and oxygen atoms in total. The highest BCUT2D eigenvalue weighted by Crippen LogP contribution is 2.67. The number of hydrogen-bond donors (Lipinski definition) is 3. The molecule has 5 heteroatoms. The minimum atomic E-state index is -1.86. The number of aliphatic hydroxyl groups is 3. The number of rotatable bonds is 2. The second kappa shape index (κ2) is 7.28. The minimum absolute atomic E-state index is 0.0162. The Kier molecular flexibility index (Phi) is 5.63. The van der Waals surface area contributed by atoms with E-state index in [0.29, 0.717) is 18.3 Å². The lowest BCUT2D eigenvalue weighted by molar-refractivity contribution is -0.224. The molecule has 0 bridgehead atoms. The van der Waals surface area contributed by atoms with Crippen LogP contribution in [0.1, 0.15) is 79.6 Å². The van der Waals surface area contributed by atoms with E-state index in [1.807, 2.05) is 0 Å². The van der Waals surface area contributed by atoms with Crippen LogP contribution >= 0.6 is 0 Å².